The van der Waals surface area contributed by atoms with Crippen molar-refractivity contribution in [3.8, 4) is 0 Å². The van der Waals surface area contributed by atoms with Crippen molar-refractivity contribution in [2.45, 2.75) is 35.9 Å². The number of allylic oxidation sites excluding steroid dienone is 2. The zero-order valence-electron chi connectivity index (χ0n) is 16.1. The lowest BCUT2D eigenvalue weighted by Gasteiger charge is -2.21. The topological polar surface area (TPSA) is 92.3 Å². The van der Waals surface area contributed by atoms with Gasteiger partial charge in [-0.15, -0.1) is 10.2 Å². The summed E-state index contributed by atoms with van der Waals surface area (Å²) in [5, 5.41) is 10.9. The summed E-state index contributed by atoms with van der Waals surface area (Å²) in [5.74, 6) is -1.48. The summed E-state index contributed by atoms with van der Waals surface area (Å²) >= 11 is 2.62. The van der Waals surface area contributed by atoms with Crippen LogP contribution in [0.5, 0.6) is 0 Å². The molecule has 0 saturated carbocycles. The molecule has 0 bridgehead atoms. The zero-order chi connectivity index (χ0) is 21.3. The molecule has 4 rings (SSSR count). The van der Waals surface area contributed by atoms with Gasteiger partial charge in [-0.1, -0.05) is 47.4 Å². The van der Waals surface area contributed by atoms with Gasteiger partial charge in [-0.2, -0.15) is 0 Å². The van der Waals surface area contributed by atoms with E-state index in [1.807, 2.05) is 12.2 Å². The van der Waals surface area contributed by atoms with Crippen molar-refractivity contribution >= 4 is 46.0 Å². The van der Waals surface area contributed by atoms with Gasteiger partial charge in [0.2, 0.25) is 22.9 Å². The number of hydrogen-bond donors (Lipinski definition) is 1. The highest BCUT2D eigenvalue weighted by molar-refractivity contribution is 8.00. The van der Waals surface area contributed by atoms with E-state index in [1.165, 1.54) is 35.2 Å². The molecule has 1 fully saturated rings. The fraction of sp³-hybridized carbons (Fsp3) is 0.350. The van der Waals surface area contributed by atoms with Crippen LogP contribution in [0.1, 0.15) is 25.3 Å². The van der Waals surface area contributed by atoms with Gasteiger partial charge < -0.3 is 0 Å². The maximum Gasteiger partial charge on any atom is 0.249 e. The van der Waals surface area contributed by atoms with Crippen LogP contribution in [-0.4, -0.2) is 38.9 Å². The van der Waals surface area contributed by atoms with E-state index >= 15 is 0 Å². The molecule has 1 aliphatic carbocycles. The van der Waals surface area contributed by atoms with Crippen molar-refractivity contribution in [1.82, 2.24) is 15.1 Å². The highest BCUT2D eigenvalue weighted by Gasteiger charge is 2.50. The zero-order valence-corrected chi connectivity index (χ0v) is 17.7. The Bertz CT molecular complexity index is 982. The SMILES string of the molecule is C[C@@H](C(=O)Nc1nnc(SCc2ccc(F)cc2)s1)N1C(=O)C2CC=CCC2C1=O. The number of likely N-dealkylation sites (tertiary alicyclic amines) is 1. The molecule has 2 aromatic rings. The number of anilines is 1. The minimum atomic E-state index is -0.921. The highest BCUT2D eigenvalue weighted by atomic mass is 32.2. The van der Waals surface area contributed by atoms with E-state index in [4.69, 9.17) is 0 Å². The van der Waals surface area contributed by atoms with Crippen LogP contribution >= 0.6 is 23.1 Å². The number of carbonyl (C=O) groups excluding carboxylic acids is 3. The number of hydrogen-bond acceptors (Lipinski definition) is 7. The molecule has 1 saturated heterocycles. The largest absolute Gasteiger partial charge is 0.299 e. The molecule has 156 valence electrons. The molecule has 30 heavy (non-hydrogen) atoms. The molecule has 3 atom stereocenters. The van der Waals surface area contributed by atoms with Gasteiger partial charge in [-0.05, 0) is 37.5 Å². The van der Waals surface area contributed by atoms with E-state index in [0.29, 0.717) is 28.1 Å². The number of thioether (sulfide) groups is 1. The number of rotatable bonds is 6. The molecule has 0 radical (unpaired) electrons. The Morgan fingerprint density at radius 1 is 1.20 bits per heavy atom. The van der Waals surface area contributed by atoms with Crippen molar-refractivity contribution in [2.75, 3.05) is 5.32 Å². The van der Waals surface area contributed by atoms with Crippen molar-refractivity contribution in [1.29, 1.82) is 0 Å². The van der Waals surface area contributed by atoms with E-state index in [-0.39, 0.29) is 29.5 Å². The van der Waals surface area contributed by atoms with Gasteiger partial charge in [0.05, 0.1) is 11.8 Å². The quantitative estimate of drug-likeness (QED) is 0.317. The third-order valence-corrected chi connectivity index (χ3v) is 7.26. The molecule has 1 aliphatic heterocycles. The summed E-state index contributed by atoms with van der Waals surface area (Å²) in [6.07, 6.45) is 4.89. The molecule has 10 heteroatoms. The van der Waals surface area contributed by atoms with Gasteiger partial charge in [-0.25, -0.2) is 4.39 Å². The Balaban J connectivity index is 1.35. The number of aromatic nitrogens is 2. The smallest absolute Gasteiger partial charge is 0.249 e. The second-order valence-electron chi connectivity index (χ2n) is 7.16. The number of halogens is 1. The van der Waals surface area contributed by atoms with Crippen molar-refractivity contribution in [3.05, 3.63) is 47.8 Å². The molecule has 2 unspecified atom stereocenters. The lowest BCUT2D eigenvalue weighted by atomic mass is 9.85. The van der Waals surface area contributed by atoms with Crippen molar-refractivity contribution in [2.24, 2.45) is 11.8 Å². The molecule has 3 amide bonds. The highest BCUT2D eigenvalue weighted by Crippen LogP contribution is 2.36. The Labute approximate surface area is 180 Å². The first-order chi connectivity index (χ1) is 14.4. The molecule has 1 aromatic carbocycles. The lowest BCUT2D eigenvalue weighted by molar-refractivity contribution is -0.146. The van der Waals surface area contributed by atoms with Gasteiger partial charge in [0, 0.05) is 5.75 Å². The van der Waals surface area contributed by atoms with Gasteiger partial charge in [0.25, 0.3) is 0 Å². The van der Waals surface area contributed by atoms with Crippen LogP contribution in [0.2, 0.25) is 0 Å². The second-order valence-corrected chi connectivity index (χ2v) is 9.36. The van der Waals surface area contributed by atoms with Crippen LogP contribution < -0.4 is 5.32 Å². The molecular formula is C20H19FN4O3S2. The van der Waals surface area contributed by atoms with E-state index in [9.17, 15) is 18.8 Å². The maximum atomic E-state index is 13.0. The van der Waals surface area contributed by atoms with Crippen LogP contribution in [-0.2, 0) is 20.1 Å². The minimum Gasteiger partial charge on any atom is -0.299 e. The first kappa shape index (κ1) is 20.7. The minimum absolute atomic E-state index is 0.287. The molecule has 1 aromatic heterocycles. The predicted octanol–water partition coefficient (Wildman–Crippen LogP) is 3.25. The number of amides is 3. The lowest BCUT2D eigenvalue weighted by Crippen LogP contribution is -2.46. The first-order valence-corrected chi connectivity index (χ1v) is 11.3. The number of imide groups is 1. The number of nitrogens with one attached hydrogen (secondary N) is 1. The van der Waals surface area contributed by atoms with E-state index in [2.05, 4.69) is 15.5 Å². The van der Waals surface area contributed by atoms with Gasteiger partial charge in [-0.3, -0.25) is 24.6 Å². The summed E-state index contributed by atoms with van der Waals surface area (Å²) in [7, 11) is 0. The maximum absolute atomic E-state index is 13.0. The fourth-order valence-corrected chi connectivity index (χ4v) is 5.29. The molecule has 0 spiro atoms. The standard InChI is InChI=1S/C20H19FN4O3S2/c1-11(25-17(27)14-4-2-3-5-15(14)18(25)28)16(26)22-19-23-24-20(30-19)29-10-12-6-8-13(21)9-7-12/h2-3,6-9,11,14-15H,4-5,10H2,1H3,(H,22,23,26)/t11-,14?,15?/m0/s1. The number of benzene rings is 1. The summed E-state index contributed by atoms with van der Waals surface area (Å²) in [4.78, 5) is 39.0. The van der Waals surface area contributed by atoms with Crippen LogP contribution in [0.25, 0.3) is 0 Å². The summed E-state index contributed by atoms with van der Waals surface area (Å²) in [6.45, 7) is 1.54. The third kappa shape index (κ3) is 4.15. The summed E-state index contributed by atoms with van der Waals surface area (Å²) < 4.78 is 13.6. The van der Waals surface area contributed by atoms with Crippen LogP contribution in [0.3, 0.4) is 0 Å². The van der Waals surface area contributed by atoms with Crippen LogP contribution in [0.4, 0.5) is 9.52 Å². The predicted molar refractivity (Wildman–Crippen MR) is 111 cm³/mol. The Kier molecular flexibility index (Phi) is 5.96. The van der Waals surface area contributed by atoms with Gasteiger partial charge in [0.15, 0.2) is 4.34 Å². The fourth-order valence-electron chi connectivity index (χ4n) is 3.58. The van der Waals surface area contributed by atoms with Crippen LogP contribution in [0, 0.1) is 17.7 Å². The second kappa shape index (κ2) is 8.65. The van der Waals surface area contributed by atoms with Gasteiger partial charge in [0.1, 0.15) is 11.9 Å². The Hall–Kier alpha value is -2.59. The third-order valence-electron chi connectivity index (χ3n) is 5.22. The number of nitrogens with zero attached hydrogens (tertiary/aromatic N) is 3. The Morgan fingerprint density at radius 3 is 2.47 bits per heavy atom. The number of carbonyl (C=O) groups is 3. The van der Waals surface area contributed by atoms with Gasteiger partial charge >= 0.3 is 0 Å². The molecule has 2 heterocycles. The Morgan fingerprint density at radius 2 is 1.83 bits per heavy atom. The van der Waals surface area contributed by atoms with E-state index in [1.54, 1.807) is 19.1 Å². The molecule has 1 N–H and O–H groups in total. The average molecular weight is 447 g/mol. The summed E-state index contributed by atoms with van der Waals surface area (Å²) in [5.41, 5.74) is 0.942. The molecule has 7 nitrogen and oxygen atoms in total. The first-order valence-electron chi connectivity index (χ1n) is 9.47. The monoisotopic (exact) mass is 446 g/mol. The van der Waals surface area contributed by atoms with Crippen LogP contribution in [0.15, 0.2) is 40.8 Å². The van der Waals surface area contributed by atoms with E-state index in [0.717, 1.165) is 10.5 Å². The average Bonchev–Trinajstić information content (AvgIpc) is 3.30. The van der Waals surface area contributed by atoms with E-state index < -0.39 is 11.9 Å². The number of fused-ring (bicyclic) bond motifs is 1. The van der Waals surface area contributed by atoms with Crippen molar-refractivity contribution in [3.63, 3.8) is 0 Å². The summed E-state index contributed by atoms with van der Waals surface area (Å²) in [6, 6.07) is 5.28. The molecule has 2 aliphatic rings. The van der Waals surface area contributed by atoms with Crippen molar-refractivity contribution < 1.29 is 18.8 Å². The normalized spacial score (nSPS) is 21.6. The molecular weight excluding hydrogens is 427 g/mol.